The molecule has 3 aliphatic rings. The summed E-state index contributed by atoms with van der Waals surface area (Å²) in [6.45, 7) is 2.03. The van der Waals surface area contributed by atoms with Crippen molar-refractivity contribution in [2.24, 2.45) is 11.8 Å². The predicted octanol–water partition coefficient (Wildman–Crippen LogP) is 2.45. The first-order chi connectivity index (χ1) is 15.0. The Bertz CT molecular complexity index is 1070. The van der Waals surface area contributed by atoms with Gasteiger partial charge >= 0.3 is 5.97 Å². The zero-order valence-electron chi connectivity index (χ0n) is 17.1. The Balaban J connectivity index is 1.49. The highest BCUT2D eigenvalue weighted by atomic mass is 16.5. The van der Waals surface area contributed by atoms with Gasteiger partial charge in [-0.05, 0) is 43.7 Å². The van der Waals surface area contributed by atoms with E-state index in [4.69, 9.17) is 4.74 Å². The summed E-state index contributed by atoms with van der Waals surface area (Å²) in [5, 5.41) is 0. The monoisotopic (exact) mass is 418 g/mol. The SMILES string of the molecule is CC(=O)Oc1ccc(N2C(=O)C3C(C2=O)C(C(=O)c2ccccc2)N2CCCC32)cc1. The zero-order valence-corrected chi connectivity index (χ0v) is 17.1. The van der Waals surface area contributed by atoms with Crippen LogP contribution in [0.4, 0.5) is 5.69 Å². The van der Waals surface area contributed by atoms with Gasteiger partial charge in [-0.25, -0.2) is 4.90 Å². The maximum Gasteiger partial charge on any atom is 0.308 e. The number of amides is 2. The van der Waals surface area contributed by atoms with Gasteiger partial charge in [-0.3, -0.25) is 24.1 Å². The normalized spacial score (nSPS) is 27.3. The molecule has 7 nitrogen and oxygen atoms in total. The number of anilines is 1. The molecule has 3 aliphatic heterocycles. The standard InChI is InChI=1S/C24H22N2O5/c1-14(27)31-17-11-9-16(10-12-17)26-23(29)19-18-8-5-13-25(18)21(20(19)24(26)30)22(28)15-6-3-2-4-7-15/h2-4,6-7,9-12,18-21H,5,8,13H2,1H3. The van der Waals surface area contributed by atoms with E-state index in [1.165, 1.54) is 11.8 Å². The summed E-state index contributed by atoms with van der Waals surface area (Å²) >= 11 is 0. The summed E-state index contributed by atoms with van der Waals surface area (Å²) in [4.78, 5) is 54.7. The van der Waals surface area contributed by atoms with Crippen molar-refractivity contribution in [1.82, 2.24) is 4.90 Å². The van der Waals surface area contributed by atoms with Gasteiger partial charge in [0.2, 0.25) is 11.8 Å². The molecule has 2 aromatic carbocycles. The van der Waals surface area contributed by atoms with Crippen LogP contribution < -0.4 is 9.64 Å². The molecule has 2 aromatic rings. The number of rotatable bonds is 4. The number of carbonyl (C=O) groups is 4. The topological polar surface area (TPSA) is 84.0 Å². The Morgan fingerprint density at radius 2 is 1.61 bits per heavy atom. The fraction of sp³-hybridized carbons (Fsp3) is 0.333. The van der Waals surface area contributed by atoms with E-state index in [9.17, 15) is 19.2 Å². The molecule has 5 rings (SSSR count). The third-order valence-electron chi connectivity index (χ3n) is 6.54. The van der Waals surface area contributed by atoms with Crippen molar-refractivity contribution in [3.05, 3.63) is 60.2 Å². The fourth-order valence-corrected chi connectivity index (χ4v) is 5.37. The van der Waals surface area contributed by atoms with E-state index in [0.29, 0.717) is 17.0 Å². The van der Waals surface area contributed by atoms with Crippen LogP contribution in [0.2, 0.25) is 0 Å². The minimum Gasteiger partial charge on any atom is -0.427 e. The number of esters is 1. The third kappa shape index (κ3) is 3.08. The lowest BCUT2D eigenvalue weighted by molar-refractivity contribution is -0.132. The molecule has 0 saturated carbocycles. The van der Waals surface area contributed by atoms with Gasteiger partial charge in [0.1, 0.15) is 5.75 Å². The first-order valence-corrected chi connectivity index (χ1v) is 10.5. The Morgan fingerprint density at radius 1 is 0.935 bits per heavy atom. The highest BCUT2D eigenvalue weighted by Crippen LogP contribution is 2.48. The predicted molar refractivity (Wildman–Crippen MR) is 112 cm³/mol. The molecule has 2 amide bonds. The third-order valence-corrected chi connectivity index (χ3v) is 6.54. The van der Waals surface area contributed by atoms with Crippen LogP contribution in [0.3, 0.4) is 0 Å². The lowest BCUT2D eigenvalue weighted by Gasteiger charge is -2.27. The molecule has 3 heterocycles. The molecule has 158 valence electrons. The summed E-state index contributed by atoms with van der Waals surface area (Å²) in [6.07, 6.45) is 1.71. The van der Waals surface area contributed by atoms with Gasteiger partial charge in [-0.1, -0.05) is 30.3 Å². The van der Waals surface area contributed by atoms with Crippen molar-refractivity contribution in [1.29, 1.82) is 0 Å². The molecule has 0 aromatic heterocycles. The molecule has 0 radical (unpaired) electrons. The molecular formula is C24H22N2O5. The molecular weight excluding hydrogens is 396 g/mol. The first-order valence-electron chi connectivity index (χ1n) is 10.5. The number of fused-ring (bicyclic) bond motifs is 3. The fourth-order valence-electron chi connectivity index (χ4n) is 5.37. The van der Waals surface area contributed by atoms with Crippen LogP contribution in [0.25, 0.3) is 0 Å². The van der Waals surface area contributed by atoms with E-state index in [-0.39, 0.29) is 23.6 Å². The number of ether oxygens (including phenoxy) is 1. The number of imide groups is 1. The lowest BCUT2D eigenvalue weighted by atomic mass is 9.85. The van der Waals surface area contributed by atoms with Crippen LogP contribution >= 0.6 is 0 Å². The zero-order chi connectivity index (χ0) is 21.7. The van der Waals surface area contributed by atoms with Crippen molar-refractivity contribution in [2.45, 2.75) is 31.8 Å². The van der Waals surface area contributed by atoms with Crippen molar-refractivity contribution >= 4 is 29.3 Å². The summed E-state index contributed by atoms with van der Waals surface area (Å²) in [5.74, 6) is -1.99. The number of hydrogen-bond acceptors (Lipinski definition) is 6. The van der Waals surface area contributed by atoms with Gasteiger partial charge in [0.05, 0.1) is 23.6 Å². The number of Topliss-reactive ketones (excluding diaryl/α,β-unsaturated/α-hetero) is 1. The van der Waals surface area contributed by atoms with Gasteiger partial charge in [-0.15, -0.1) is 0 Å². The van der Waals surface area contributed by atoms with Crippen LogP contribution in [-0.2, 0) is 14.4 Å². The largest absolute Gasteiger partial charge is 0.427 e. The highest BCUT2D eigenvalue weighted by molar-refractivity contribution is 6.24. The van der Waals surface area contributed by atoms with E-state index in [2.05, 4.69) is 4.90 Å². The van der Waals surface area contributed by atoms with Crippen LogP contribution in [0.15, 0.2) is 54.6 Å². The van der Waals surface area contributed by atoms with E-state index in [1.807, 2.05) is 6.07 Å². The van der Waals surface area contributed by atoms with Crippen molar-refractivity contribution in [2.75, 3.05) is 11.4 Å². The second-order valence-corrected chi connectivity index (χ2v) is 8.27. The summed E-state index contributed by atoms with van der Waals surface area (Å²) in [7, 11) is 0. The van der Waals surface area contributed by atoms with Crippen LogP contribution in [-0.4, -0.2) is 47.1 Å². The van der Waals surface area contributed by atoms with E-state index in [0.717, 1.165) is 19.4 Å². The van der Waals surface area contributed by atoms with Gasteiger partial charge in [0, 0.05) is 18.5 Å². The quantitative estimate of drug-likeness (QED) is 0.328. The smallest absolute Gasteiger partial charge is 0.308 e. The lowest BCUT2D eigenvalue weighted by Crippen LogP contribution is -2.46. The molecule has 0 N–H and O–H groups in total. The van der Waals surface area contributed by atoms with Crippen LogP contribution in [0, 0.1) is 11.8 Å². The Kier molecular flexibility index (Phi) is 4.70. The molecule has 3 fully saturated rings. The molecule has 31 heavy (non-hydrogen) atoms. The summed E-state index contributed by atoms with van der Waals surface area (Å²) < 4.78 is 5.04. The highest BCUT2D eigenvalue weighted by Gasteiger charge is 2.64. The molecule has 4 unspecified atom stereocenters. The average molecular weight is 418 g/mol. The van der Waals surface area contributed by atoms with E-state index >= 15 is 0 Å². The Morgan fingerprint density at radius 3 is 2.29 bits per heavy atom. The molecule has 4 atom stereocenters. The minimum atomic E-state index is -0.682. The maximum atomic E-state index is 13.5. The second kappa shape index (κ2) is 7.42. The summed E-state index contributed by atoms with van der Waals surface area (Å²) in [6, 6.07) is 14.6. The number of nitrogens with zero attached hydrogens (tertiary/aromatic N) is 2. The van der Waals surface area contributed by atoms with Crippen molar-refractivity contribution in [3.63, 3.8) is 0 Å². The number of benzene rings is 2. The molecule has 7 heteroatoms. The number of carbonyl (C=O) groups excluding carboxylic acids is 4. The molecule has 0 bridgehead atoms. The molecule has 3 saturated heterocycles. The second-order valence-electron chi connectivity index (χ2n) is 8.27. The number of hydrogen-bond donors (Lipinski definition) is 0. The first kappa shape index (κ1) is 19.6. The molecule has 0 spiro atoms. The maximum absolute atomic E-state index is 13.5. The summed E-state index contributed by atoms with van der Waals surface area (Å²) in [5.41, 5.74) is 0.985. The van der Waals surface area contributed by atoms with Gasteiger partial charge in [-0.2, -0.15) is 0 Å². The van der Waals surface area contributed by atoms with Crippen LogP contribution in [0.1, 0.15) is 30.1 Å². The minimum absolute atomic E-state index is 0.0931. The molecule has 0 aliphatic carbocycles. The van der Waals surface area contributed by atoms with Gasteiger partial charge in [0.25, 0.3) is 0 Å². The Labute approximate surface area is 179 Å². The van der Waals surface area contributed by atoms with Crippen molar-refractivity contribution in [3.8, 4) is 5.75 Å². The van der Waals surface area contributed by atoms with Gasteiger partial charge in [0.15, 0.2) is 5.78 Å². The number of ketones is 1. The van der Waals surface area contributed by atoms with E-state index in [1.54, 1.807) is 48.5 Å². The van der Waals surface area contributed by atoms with Gasteiger partial charge < -0.3 is 4.74 Å². The Hall–Kier alpha value is -3.32. The average Bonchev–Trinajstić information content (AvgIpc) is 3.41. The van der Waals surface area contributed by atoms with Crippen molar-refractivity contribution < 1.29 is 23.9 Å². The van der Waals surface area contributed by atoms with Crippen LogP contribution in [0.5, 0.6) is 5.75 Å². The van der Waals surface area contributed by atoms with E-state index < -0.39 is 23.8 Å².